The van der Waals surface area contributed by atoms with Crippen LogP contribution in [0.5, 0.6) is 0 Å². The van der Waals surface area contributed by atoms with Crippen molar-refractivity contribution in [3.05, 3.63) is 0 Å². The molecule has 2 unspecified atom stereocenters. The largest absolute Gasteiger partial charge is 0.469 e. The lowest BCUT2D eigenvalue weighted by Gasteiger charge is -2.37. The fourth-order valence-electron chi connectivity index (χ4n) is 2.06. The van der Waals surface area contributed by atoms with Crippen LogP contribution in [0.3, 0.4) is 0 Å². The number of hydrogen-bond donors (Lipinski definition) is 1. The highest BCUT2D eigenvalue weighted by Crippen LogP contribution is 2.21. The van der Waals surface area contributed by atoms with E-state index in [1.54, 1.807) is 4.90 Å². The summed E-state index contributed by atoms with van der Waals surface area (Å²) in [6.07, 6.45) is 0.548. The van der Waals surface area contributed by atoms with Crippen LogP contribution in [0.2, 0.25) is 0 Å². The second kappa shape index (κ2) is 6.23. The van der Waals surface area contributed by atoms with E-state index in [2.05, 4.69) is 4.74 Å². The monoisotopic (exact) mass is 272 g/mol. The highest BCUT2D eigenvalue weighted by atomic mass is 16.6. The molecule has 0 aliphatic carbocycles. The third-order valence-electron chi connectivity index (χ3n) is 3.10. The van der Waals surface area contributed by atoms with Gasteiger partial charge in [0.05, 0.1) is 13.5 Å². The summed E-state index contributed by atoms with van der Waals surface area (Å²) in [4.78, 5) is 24.9. The molecule has 1 heterocycles. The van der Waals surface area contributed by atoms with Gasteiger partial charge in [0.15, 0.2) is 0 Å². The molecule has 0 aromatic carbocycles. The van der Waals surface area contributed by atoms with Crippen LogP contribution in [0.4, 0.5) is 4.79 Å². The predicted octanol–water partition coefficient (Wildman–Crippen LogP) is 1.13. The quantitative estimate of drug-likeness (QED) is 0.762. The van der Waals surface area contributed by atoms with Gasteiger partial charge in [-0.2, -0.15) is 0 Å². The minimum Gasteiger partial charge on any atom is -0.469 e. The lowest BCUT2D eigenvalue weighted by Crippen LogP contribution is -2.50. The number of amides is 1. The molecule has 1 aliphatic rings. The second-order valence-electron chi connectivity index (χ2n) is 5.92. The molecule has 2 N–H and O–H groups in total. The van der Waals surface area contributed by atoms with Gasteiger partial charge in [-0.1, -0.05) is 0 Å². The lowest BCUT2D eigenvalue weighted by atomic mass is 9.90. The van der Waals surface area contributed by atoms with E-state index in [0.717, 1.165) is 0 Å². The van der Waals surface area contributed by atoms with E-state index in [1.807, 2.05) is 20.8 Å². The Morgan fingerprint density at radius 3 is 2.53 bits per heavy atom. The van der Waals surface area contributed by atoms with E-state index in [0.29, 0.717) is 19.5 Å². The summed E-state index contributed by atoms with van der Waals surface area (Å²) in [7, 11) is 1.35. The minimum absolute atomic E-state index is 0.0753. The van der Waals surface area contributed by atoms with E-state index in [-0.39, 0.29) is 30.4 Å². The molecule has 1 aliphatic heterocycles. The highest BCUT2D eigenvalue weighted by molar-refractivity contribution is 5.70. The van der Waals surface area contributed by atoms with Crippen molar-refractivity contribution in [2.24, 2.45) is 11.7 Å². The second-order valence-corrected chi connectivity index (χ2v) is 5.92. The zero-order chi connectivity index (χ0) is 14.6. The Hall–Kier alpha value is -1.30. The zero-order valence-electron chi connectivity index (χ0n) is 12.1. The number of methoxy groups -OCH3 is 1. The van der Waals surface area contributed by atoms with Crippen molar-refractivity contribution < 1.29 is 19.1 Å². The van der Waals surface area contributed by atoms with Crippen molar-refractivity contribution in [2.75, 3.05) is 20.2 Å². The average Bonchev–Trinajstić information content (AvgIpc) is 2.29. The standard InChI is InChI=1S/C13H24N2O4/c1-13(2,3)19-12(17)15-6-5-10(14)9(8-15)7-11(16)18-4/h9-10H,5-8,14H2,1-4H3. The molecule has 0 aromatic heterocycles. The molecule has 1 fully saturated rings. The number of nitrogens with two attached hydrogens (primary N) is 1. The maximum absolute atomic E-state index is 12.0. The number of ether oxygens (including phenoxy) is 2. The molecule has 19 heavy (non-hydrogen) atoms. The van der Waals surface area contributed by atoms with Crippen LogP contribution in [0.25, 0.3) is 0 Å². The molecule has 0 aromatic rings. The fourth-order valence-corrected chi connectivity index (χ4v) is 2.06. The molecule has 1 amide bonds. The molecule has 6 nitrogen and oxygen atoms in total. The summed E-state index contributed by atoms with van der Waals surface area (Å²) < 4.78 is 9.97. The number of carbonyl (C=O) groups is 2. The smallest absolute Gasteiger partial charge is 0.410 e. The Balaban J connectivity index is 2.58. The van der Waals surface area contributed by atoms with Gasteiger partial charge in [0.2, 0.25) is 0 Å². The first-order valence-electron chi connectivity index (χ1n) is 6.53. The predicted molar refractivity (Wildman–Crippen MR) is 70.5 cm³/mol. The molecule has 2 atom stereocenters. The van der Waals surface area contributed by atoms with Gasteiger partial charge in [-0.25, -0.2) is 4.79 Å². The Kier molecular flexibility index (Phi) is 5.17. The van der Waals surface area contributed by atoms with Crippen LogP contribution < -0.4 is 5.73 Å². The van der Waals surface area contributed by atoms with Gasteiger partial charge in [0, 0.05) is 25.0 Å². The van der Waals surface area contributed by atoms with Crippen LogP contribution in [-0.4, -0.2) is 48.8 Å². The van der Waals surface area contributed by atoms with E-state index in [1.165, 1.54) is 7.11 Å². The van der Waals surface area contributed by atoms with Gasteiger partial charge in [-0.05, 0) is 27.2 Å². The summed E-state index contributed by atoms with van der Waals surface area (Å²) in [5, 5.41) is 0. The average molecular weight is 272 g/mol. The SMILES string of the molecule is COC(=O)CC1CN(C(=O)OC(C)(C)C)CCC1N. The summed E-state index contributed by atoms with van der Waals surface area (Å²) in [6, 6.07) is -0.0854. The highest BCUT2D eigenvalue weighted by Gasteiger charge is 2.33. The van der Waals surface area contributed by atoms with E-state index in [4.69, 9.17) is 10.5 Å². The summed E-state index contributed by atoms with van der Waals surface area (Å²) in [6.45, 7) is 6.48. The van der Waals surface area contributed by atoms with Crippen molar-refractivity contribution in [3.63, 3.8) is 0 Å². The molecule has 110 valence electrons. The number of hydrogen-bond acceptors (Lipinski definition) is 5. The molecule has 0 saturated carbocycles. The number of piperidine rings is 1. The molecule has 1 rings (SSSR count). The molecule has 0 bridgehead atoms. The third-order valence-corrected chi connectivity index (χ3v) is 3.10. The lowest BCUT2D eigenvalue weighted by molar-refractivity contribution is -0.142. The first kappa shape index (κ1) is 15.8. The topological polar surface area (TPSA) is 81.9 Å². The first-order valence-corrected chi connectivity index (χ1v) is 6.53. The molecular formula is C13H24N2O4. The van der Waals surface area contributed by atoms with Crippen LogP contribution in [0, 0.1) is 5.92 Å². The van der Waals surface area contributed by atoms with Crippen LogP contribution in [0.1, 0.15) is 33.6 Å². The number of nitrogens with zero attached hydrogens (tertiary/aromatic N) is 1. The molecule has 0 radical (unpaired) electrons. The van der Waals surface area contributed by atoms with Gasteiger partial charge in [-0.15, -0.1) is 0 Å². The first-order chi connectivity index (χ1) is 8.73. The van der Waals surface area contributed by atoms with E-state index < -0.39 is 5.60 Å². The van der Waals surface area contributed by atoms with Gasteiger partial charge >= 0.3 is 12.1 Å². The van der Waals surface area contributed by atoms with Crippen molar-refractivity contribution in [3.8, 4) is 0 Å². The number of rotatable bonds is 2. The Bertz CT molecular complexity index is 338. The summed E-state index contributed by atoms with van der Waals surface area (Å²) in [5.74, 6) is -0.375. The summed E-state index contributed by atoms with van der Waals surface area (Å²) >= 11 is 0. The van der Waals surface area contributed by atoms with Gasteiger partial charge in [-0.3, -0.25) is 4.79 Å². The Morgan fingerprint density at radius 2 is 2.00 bits per heavy atom. The molecule has 1 saturated heterocycles. The third kappa shape index (κ3) is 5.06. The fraction of sp³-hybridized carbons (Fsp3) is 0.846. The Labute approximate surface area is 114 Å². The maximum Gasteiger partial charge on any atom is 0.410 e. The van der Waals surface area contributed by atoms with Gasteiger partial charge < -0.3 is 20.1 Å². The minimum atomic E-state index is -0.519. The zero-order valence-corrected chi connectivity index (χ0v) is 12.1. The number of esters is 1. The number of carbonyl (C=O) groups excluding carboxylic acids is 2. The summed E-state index contributed by atoms with van der Waals surface area (Å²) in [5.41, 5.74) is 5.47. The maximum atomic E-state index is 12.0. The van der Waals surface area contributed by atoms with Crippen molar-refractivity contribution in [2.45, 2.75) is 45.3 Å². The van der Waals surface area contributed by atoms with Crippen LogP contribution >= 0.6 is 0 Å². The van der Waals surface area contributed by atoms with Crippen LogP contribution in [0.15, 0.2) is 0 Å². The Morgan fingerprint density at radius 1 is 1.37 bits per heavy atom. The van der Waals surface area contributed by atoms with E-state index in [9.17, 15) is 9.59 Å². The normalized spacial score (nSPS) is 23.9. The molecular weight excluding hydrogens is 248 g/mol. The van der Waals surface area contributed by atoms with Crippen molar-refractivity contribution >= 4 is 12.1 Å². The van der Waals surface area contributed by atoms with E-state index >= 15 is 0 Å². The van der Waals surface area contributed by atoms with Gasteiger partial charge in [0.1, 0.15) is 5.60 Å². The van der Waals surface area contributed by atoms with Crippen molar-refractivity contribution in [1.29, 1.82) is 0 Å². The van der Waals surface area contributed by atoms with Gasteiger partial charge in [0.25, 0.3) is 0 Å². The van der Waals surface area contributed by atoms with Crippen LogP contribution in [-0.2, 0) is 14.3 Å². The molecule has 0 spiro atoms. The molecule has 6 heteroatoms. The van der Waals surface area contributed by atoms with Crippen molar-refractivity contribution in [1.82, 2.24) is 4.90 Å². The number of likely N-dealkylation sites (tertiary alicyclic amines) is 1.